The number of pyridine rings is 1. The highest BCUT2D eigenvalue weighted by Gasteiger charge is 2.44. The number of carboxylic acid groups (broad SMARTS) is 1. The van der Waals surface area contributed by atoms with E-state index >= 15 is 0 Å². The molecule has 1 aromatic carbocycles. The molecule has 2 aromatic rings. The van der Waals surface area contributed by atoms with Gasteiger partial charge in [0.25, 0.3) is 10.2 Å². The number of hydrogen-bond acceptors (Lipinski definition) is 6. The van der Waals surface area contributed by atoms with Crippen molar-refractivity contribution in [3.05, 3.63) is 59.5 Å². The van der Waals surface area contributed by atoms with Crippen LogP contribution in [0.1, 0.15) is 23.5 Å². The molecule has 0 aliphatic carbocycles. The molecule has 2 unspecified atom stereocenters. The van der Waals surface area contributed by atoms with E-state index < -0.39 is 22.3 Å². The fourth-order valence-corrected chi connectivity index (χ4v) is 6.08. The number of halogens is 1. The summed E-state index contributed by atoms with van der Waals surface area (Å²) in [5, 5.41) is 11.1. The quantitative estimate of drug-likeness (QED) is 0.574. The molecule has 3 heterocycles. The Hall–Kier alpha value is -2.80. The Morgan fingerprint density at radius 1 is 1.26 bits per heavy atom. The van der Waals surface area contributed by atoms with Crippen LogP contribution in [0.25, 0.3) is 0 Å². The molecule has 10 nitrogen and oxygen atoms in total. The molecule has 4 rings (SSSR count). The maximum atomic E-state index is 14.5. The minimum atomic E-state index is -3.81. The van der Waals surface area contributed by atoms with Crippen molar-refractivity contribution in [2.45, 2.75) is 24.9 Å². The molecule has 2 atom stereocenters. The Balaban J connectivity index is 1.52. The molecular formula is C22H27FN4O6S. The summed E-state index contributed by atoms with van der Waals surface area (Å²) in [5.74, 6) is -0.425. The first-order valence-corrected chi connectivity index (χ1v) is 12.4. The van der Waals surface area contributed by atoms with E-state index in [1.165, 1.54) is 20.9 Å². The van der Waals surface area contributed by atoms with Gasteiger partial charge in [0.1, 0.15) is 12.4 Å². The molecule has 2 saturated heterocycles. The number of aromatic nitrogens is 1. The van der Waals surface area contributed by atoms with Crippen LogP contribution in [0, 0.1) is 5.82 Å². The van der Waals surface area contributed by atoms with Crippen molar-refractivity contribution in [1.82, 2.24) is 18.9 Å². The van der Waals surface area contributed by atoms with Crippen LogP contribution >= 0.6 is 0 Å². The summed E-state index contributed by atoms with van der Waals surface area (Å²) in [6.07, 6.45) is 0.742. The highest BCUT2D eigenvalue weighted by molar-refractivity contribution is 7.86. The second-order valence-corrected chi connectivity index (χ2v) is 10.0. The van der Waals surface area contributed by atoms with Crippen LogP contribution < -0.4 is 10.1 Å². The number of nitrogens with zero attached hydrogens (tertiary/aromatic N) is 3. The standard InChI is InChI=1S/C22H27FN4O6S/c23-20-4-2-1-3-19(20)17-12-18(27(14-17)34(30,31)26-7-9-32-10-8-26)15-33-21-11-16(5-6-24-21)13-25-22(28)29/h1-6,11,17-18,25H,7-10,12-15H2,(H,28,29). The van der Waals surface area contributed by atoms with E-state index in [1.807, 2.05) is 0 Å². The molecule has 0 spiro atoms. The predicted octanol–water partition coefficient (Wildman–Crippen LogP) is 1.80. The Kier molecular flexibility index (Phi) is 7.61. The Morgan fingerprint density at radius 2 is 2.03 bits per heavy atom. The normalized spacial score (nSPS) is 21.9. The summed E-state index contributed by atoms with van der Waals surface area (Å²) in [4.78, 5) is 14.9. The van der Waals surface area contributed by atoms with Gasteiger partial charge >= 0.3 is 6.09 Å². The minimum absolute atomic E-state index is 0.0251. The summed E-state index contributed by atoms with van der Waals surface area (Å²) in [6.45, 7) is 1.43. The number of nitrogens with one attached hydrogen (secondary N) is 1. The van der Waals surface area contributed by atoms with E-state index in [1.54, 1.807) is 30.3 Å². The van der Waals surface area contributed by atoms with Crippen LogP contribution in [0.4, 0.5) is 9.18 Å². The van der Waals surface area contributed by atoms with E-state index in [0.717, 1.165) is 0 Å². The van der Waals surface area contributed by atoms with Gasteiger partial charge in [0, 0.05) is 44.4 Å². The molecule has 184 valence electrons. The lowest BCUT2D eigenvalue weighted by molar-refractivity contribution is 0.0693. The molecule has 0 saturated carbocycles. The molecule has 34 heavy (non-hydrogen) atoms. The second-order valence-electron chi connectivity index (χ2n) is 8.17. The zero-order valence-electron chi connectivity index (χ0n) is 18.5. The SMILES string of the molecule is O=C(O)NCc1ccnc(OCC2CC(c3ccccc3F)CN2S(=O)(=O)N2CCOCC2)c1. The van der Waals surface area contributed by atoms with E-state index in [9.17, 15) is 17.6 Å². The molecule has 0 bridgehead atoms. The number of hydrogen-bond donors (Lipinski definition) is 2. The number of benzene rings is 1. The first-order chi connectivity index (χ1) is 16.3. The molecule has 2 fully saturated rings. The lowest BCUT2D eigenvalue weighted by Crippen LogP contribution is -2.51. The monoisotopic (exact) mass is 494 g/mol. The number of carbonyl (C=O) groups is 1. The molecule has 2 N–H and O–H groups in total. The maximum Gasteiger partial charge on any atom is 0.404 e. The summed E-state index contributed by atoms with van der Waals surface area (Å²) in [6, 6.07) is 9.13. The van der Waals surface area contributed by atoms with Crippen LogP contribution in [0.15, 0.2) is 42.6 Å². The molecule has 12 heteroatoms. The summed E-state index contributed by atoms with van der Waals surface area (Å²) >= 11 is 0. The van der Waals surface area contributed by atoms with Gasteiger partial charge in [0.05, 0.1) is 19.3 Å². The van der Waals surface area contributed by atoms with Crippen molar-refractivity contribution < 1.29 is 32.2 Å². The van der Waals surface area contributed by atoms with Crippen molar-refractivity contribution in [3.63, 3.8) is 0 Å². The molecule has 0 radical (unpaired) electrons. The minimum Gasteiger partial charge on any atom is -0.476 e. The van der Waals surface area contributed by atoms with Crippen LogP contribution in [0.2, 0.25) is 0 Å². The van der Waals surface area contributed by atoms with Crippen LogP contribution in [0.5, 0.6) is 5.88 Å². The van der Waals surface area contributed by atoms with Crippen molar-refractivity contribution in [2.75, 3.05) is 39.5 Å². The van der Waals surface area contributed by atoms with Gasteiger partial charge in [-0.2, -0.15) is 17.0 Å². The highest BCUT2D eigenvalue weighted by Crippen LogP contribution is 2.36. The average Bonchev–Trinajstić information content (AvgIpc) is 3.27. The Morgan fingerprint density at radius 3 is 2.76 bits per heavy atom. The van der Waals surface area contributed by atoms with Gasteiger partial charge in [-0.1, -0.05) is 18.2 Å². The first kappa shape index (κ1) is 24.3. The smallest absolute Gasteiger partial charge is 0.404 e. The molecule has 2 aliphatic rings. The van der Waals surface area contributed by atoms with Gasteiger partial charge < -0.3 is 19.9 Å². The Bertz CT molecular complexity index is 1110. The number of amides is 1. The van der Waals surface area contributed by atoms with E-state index in [4.69, 9.17) is 14.6 Å². The Labute approximate surface area is 197 Å². The molecular weight excluding hydrogens is 467 g/mol. The zero-order chi connectivity index (χ0) is 24.1. The fourth-order valence-electron chi connectivity index (χ4n) is 4.28. The van der Waals surface area contributed by atoms with Crippen molar-refractivity contribution in [1.29, 1.82) is 0 Å². The van der Waals surface area contributed by atoms with E-state index in [2.05, 4.69) is 10.3 Å². The van der Waals surface area contributed by atoms with Gasteiger partial charge in [-0.05, 0) is 29.7 Å². The summed E-state index contributed by atoms with van der Waals surface area (Å²) in [7, 11) is -3.81. The zero-order valence-corrected chi connectivity index (χ0v) is 19.3. The van der Waals surface area contributed by atoms with Crippen LogP contribution in [-0.2, 0) is 21.5 Å². The number of ether oxygens (including phenoxy) is 2. The third-order valence-corrected chi connectivity index (χ3v) is 8.03. The lowest BCUT2D eigenvalue weighted by Gasteiger charge is -2.32. The van der Waals surface area contributed by atoms with Gasteiger partial charge in [0.2, 0.25) is 5.88 Å². The number of rotatable bonds is 8. The molecule has 2 aliphatic heterocycles. The lowest BCUT2D eigenvalue weighted by atomic mass is 9.96. The van der Waals surface area contributed by atoms with Gasteiger partial charge in [-0.25, -0.2) is 14.2 Å². The van der Waals surface area contributed by atoms with Crippen LogP contribution in [-0.4, -0.2) is 78.7 Å². The van der Waals surface area contributed by atoms with Crippen LogP contribution in [0.3, 0.4) is 0 Å². The topological polar surface area (TPSA) is 121 Å². The largest absolute Gasteiger partial charge is 0.476 e. The van der Waals surface area contributed by atoms with Gasteiger partial charge in [-0.3, -0.25) is 0 Å². The van der Waals surface area contributed by atoms with Crippen molar-refractivity contribution >= 4 is 16.3 Å². The average molecular weight is 495 g/mol. The van der Waals surface area contributed by atoms with Gasteiger partial charge in [-0.15, -0.1) is 0 Å². The third kappa shape index (κ3) is 5.63. The molecule has 1 amide bonds. The first-order valence-electron chi connectivity index (χ1n) is 11.0. The third-order valence-electron chi connectivity index (χ3n) is 5.97. The van der Waals surface area contributed by atoms with Crippen molar-refractivity contribution in [2.24, 2.45) is 0 Å². The molecule has 1 aromatic heterocycles. The summed E-state index contributed by atoms with van der Waals surface area (Å²) in [5.41, 5.74) is 1.13. The van der Waals surface area contributed by atoms with E-state index in [-0.39, 0.29) is 50.4 Å². The van der Waals surface area contributed by atoms with Crippen molar-refractivity contribution in [3.8, 4) is 5.88 Å². The maximum absolute atomic E-state index is 14.5. The predicted molar refractivity (Wildman–Crippen MR) is 120 cm³/mol. The fraction of sp³-hybridized carbons (Fsp3) is 0.455. The highest BCUT2D eigenvalue weighted by atomic mass is 32.2. The van der Waals surface area contributed by atoms with E-state index in [0.29, 0.717) is 30.8 Å². The summed E-state index contributed by atoms with van der Waals surface area (Å²) < 4.78 is 55.3. The second kappa shape index (κ2) is 10.6. The van der Waals surface area contributed by atoms with Gasteiger partial charge in [0.15, 0.2) is 0 Å². The number of morpholine rings is 1.